The number of nitrogens with zero attached hydrogens (tertiary/aromatic N) is 1. The molecule has 2 aromatic carbocycles. The topological polar surface area (TPSA) is 72.1 Å². The van der Waals surface area contributed by atoms with Crippen molar-refractivity contribution in [1.29, 1.82) is 0 Å². The van der Waals surface area contributed by atoms with Gasteiger partial charge in [-0.2, -0.15) is 0 Å². The number of hydrogen-bond donors (Lipinski definition) is 2. The Morgan fingerprint density at radius 1 is 1.09 bits per heavy atom. The monoisotopic (exact) mass is 567 g/mol. The summed E-state index contributed by atoms with van der Waals surface area (Å²) in [7, 11) is 0. The highest BCUT2D eigenvalue weighted by atomic mass is 127. The van der Waals surface area contributed by atoms with E-state index < -0.39 is 0 Å². The van der Waals surface area contributed by atoms with Gasteiger partial charge in [-0.15, -0.1) is 0 Å². The highest BCUT2D eigenvalue weighted by Gasteiger charge is 2.14. The summed E-state index contributed by atoms with van der Waals surface area (Å²) in [5.74, 6) is 1.12. The summed E-state index contributed by atoms with van der Waals surface area (Å²) in [5, 5.41) is 6.41. The van der Waals surface area contributed by atoms with E-state index in [1.807, 2.05) is 43.3 Å². The summed E-state index contributed by atoms with van der Waals surface area (Å²) in [4.78, 5) is 14.7. The van der Waals surface area contributed by atoms with Crippen LogP contribution in [0.25, 0.3) is 0 Å². The van der Waals surface area contributed by atoms with Gasteiger partial charge in [0.2, 0.25) is 0 Å². The average Bonchev–Trinajstić information content (AvgIpc) is 2.83. The van der Waals surface area contributed by atoms with E-state index in [9.17, 15) is 4.79 Å². The molecule has 0 bridgehead atoms. The molecule has 1 amide bonds. The van der Waals surface area contributed by atoms with E-state index in [1.54, 1.807) is 0 Å². The van der Waals surface area contributed by atoms with Gasteiger partial charge in [0.1, 0.15) is 0 Å². The zero-order chi connectivity index (χ0) is 23.3. The minimum Gasteiger partial charge on any atom is -0.490 e. The van der Waals surface area contributed by atoms with Crippen LogP contribution in [0, 0.1) is 3.57 Å². The van der Waals surface area contributed by atoms with Crippen molar-refractivity contribution in [1.82, 2.24) is 15.5 Å². The fraction of sp³-hybridized carbons (Fsp3) is 0.480. The maximum absolute atomic E-state index is 12.3. The van der Waals surface area contributed by atoms with Gasteiger partial charge >= 0.3 is 0 Å². The fourth-order valence-corrected chi connectivity index (χ4v) is 4.42. The Morgan fingerprint density at radius 2 is 1.88 bits per heavy atom. The van der Waals surface area contributed by atoms with Crippen molar-refractivity contribution in [3.05, 3.63) is 57.2 Å². The molecule has 1 aliphatic heterocycles. The number of amides is 1. The Labute approximate surface area is 210 Å². The predicted molar refractivity (Wildman–Crippen MR) is 138 cm³/mol. The number of ether oxygens (including phenoxy) is 3. The number of hydrogen-bond acceptors (Lipinski definition) is 6. The fourth-order valence-electron chi connectivity index (χ4n) is 3.60. The molecule has 0 aromatic heterocycles. The molecule has 1 fully saturated rings. The summed E-state index contributed by atoms with van der Waals surface area (Å²) < 4.78 is 18.0. The van der Waals surface area contributed by atoms with Crippen LogP contribution in [0.4, 0.5) is 0 Å². The van der Waals surface area contributed by atoms with E-state index >= 15 is 0 Å². The number of rotatable bonds is 13. The molecule has 8 heteroatoms. The number of nitrogens with one attached hydrogen (secondary N) is 2. The van der Waals surface area contributed by atoms with Crippen molar-refractivity contribution in [2.45, 2.75) is 26.4 Å². The first-order chi connectivity index (χ1) is 16.2. The molecule has 0 saturated carbocycles. The lowest BCUT2D eigenvalue weighted by Gasteiger charge is -2.26. The molecule has 1 heterocycles. The van der Waals surface area contributed by atoms with E-state index in [-0.39, 0.29) is 12.5 Å². The molecule has 1 aliphatic rings. The molecule has 0 radical (unpaired) electrons. The molecular weight excluding hydrogens is 533 g/mol. The largest absolute Gasteiger partial charge is 0.490 e. The second kappa shape index (κ2) is 14.4. The third-order valence-corrected chi connectivity index (χ3v) is 6.11. The van der Waals surface area contributed by atoms with Gasteiger partial charge in [0.05, 0.1) is 23.4 Å². The Kier molecular flexibility index (Phi) is 11.2. The van der Waals surface area contributed by atoms with Crippen LogP contribution >= 0.6 is 22.6 Å². The maximum Gasteiger partial charge on any atom is 0.258 e. The molecule has 2 N–H and O–H groups in total. The number of carbonyl (C=O) groups excluding carboxylic acids is 1. The van der Waals surface area contributed by atoms with E-state index in [0.29, 0.717) is 24.7 Å². The Hall–Kier alpha value is -1.88. The lowest BCUT2D eigenvalue weighted by atomic mass is 10.2. The first kappa shape index (κ1) is 25.7. The molecule has 0 aliphatic carbocycles. The molecule has 7 nitrogen and oxygen atoms in total. The standard InChI is InChI=1S/C25H34IN3O4/c1-2-32-23-16-21(17-27-9-6-10-29-11-13-31-14-12-29)15-22(26)25(23)33-19-24(30)28-18-20-7-4-3-5-8-20/h3-5,7-8,15-16,27H,2,6,9-14,17-19H2,1H3,(H,28,30). The molecule has 3 rings (SSSR count). The Bertz CT molecular complexity index is 860. The second-order valence-electron chi connectivity index (χ2n) is 7.87. The minimum absolute atomic E-state index is 0.0535. The zero-order valence-electron chi connectivity index (χ0n) is 19.3. The lowest BCUT2D eigenvalue weighted by Crippen LogP contribution is -2.37. The van der Waals surface area contributed by atoms with E-state index in [0.717, 1.165) is 67.1 Å². The van der Waals surface area contributed by atoms with E-state index in [2.05, 4.69) is 44.2 Å². The smallest absolute Gasteiger partial charge is 0.258 e. The van der Waals surface area contributed by atoms with Crippen LogP contribution in [0.5, 0.6) is 11.5 Å². The third-order valence-electron chi connectivity index (χ3n) is 5.31. The van der Waals surface area contributed by atoms with Crippen molar-refractivity contribution >= 4 is 28.5 Å². The zero-order valence-corrected chi connectivity index (χ0v) is 21.4. The number of benzene rings is 2. The van der Waals surface area contributed by atoms with Crippen molar-refractivity contribution in [2.75, 3.05) is 52.6 Å². The average molecular weight is 567 g/mol. The molecule has 0 atom stereocenters. The summed E-state index contributed by atoms with van der Waals surface area (Å²) in [6.45, 7) is 9.46. The van der Waals surface area contributed by atoms with Gasteiger partial charge in [-0.05, 0) is 72.3 Å². The number of carbonyl (C=O) groups is 1. The van der Waals surface area contributed by atoms with Crippen LogP contribution in [-0.2, 0) is 22.6 Å². The van der Waals surface area contributed by atoms with Crippen LogP contribution in [0.3, 0.4) is 0 Å². The van der Waals surface area contributed by atoms with Crippen molar-refractivity contribution < 1.29 is 19.0 Å². The predicted octanol–water partition coefficient (Wildman–Crippen LogP) is 3.20. The number of halogens is 1. The summed E-state index contributed by atoms with van der Waals surface area (Å²) in [5.41, 5.74) is 2.19. The van der Waals surface area contributed by atoms with Crippen LogP contribution < -0.4 is 20.1 Å². The SMILES string of the molecule is CCOc1cc(CNCCCN2CCOCC2)cc(I)c1OCC(=O)NCc1ccccc1. The quantitative estimate of drug-likeness (QED) is 0.286. The molecule has 0 spiro atoms. The highest BCUT2D eigenvalue weighted by Crippen LogP contribution is 2.34. The Morgan fingerprint density at radius 3 is 2.64 bits per heavy atom. The van der Waals surface area contributed by atoms with Gasteiger partial charge in [-0.25, -0.2) is 0 Å². The first-order valence-corrected chi connectivity index (χ1v) is 12.6. The maximum atomic E-state index is 12.3. The van der Waals surface area contributed by atoms with Crippen LogP contribution in [0.1, 0.15) is 24.5 Å². The van der Waals surface area contributed by atoms with Crippen molar-refractivity contribution in [3.63, 3.8) is 0 Å². The first-order valence-electron chi connectivity index (χ1n) is 11.5. The van der Waals surface area contributed by atoms with Gasteiger partial charge in [0.15, 0.2) is 18.1 Å². The normalized spacial score (nSPS) is 14.1. The molecule has 1 saturated heterocycles. The van der Waals surface area contributed by atoms with Crippen LogP contribution in [-0.4, -0.2) is 63.4 Å². The molecular formula is C25H34IN3O4. The lowest BCUT2D eigenvalue weighted by molar-refractivity contribution is -0.123. The Balaban J connectivity index is 1.46. The third kappa shape index (κ3) is 9.11. The molecule has 2 aromatic rings. The summed E-state index contributed by atoms with van der Waals surface area (Å²) >= 11 is 2.24. The van der Waals surface area contributed by atoms with Gasteiger partial charge in [-0.3, -0.25) is 9.69 Å². The van der Waals surface area contributed by atoms with Gasteiger partial charge in [-0.1, -0.05) is 30.3 Å². The van der Waals surface area contributed by atoms with Gasteiger partial charge in [0.25, 0.3) is 5.91 Å². The minimum atomic E-state index is -0.164. The molecule has 180 valence electrons. The van der Waals surface area contributed by atoms with E-state index in [4.69, 9.17) is 14.2 Å². The van der Waals surface area contributed by atoms with Gasteiger partial charge in [0, 0.05) is 26.2 Å². The van der Waals surface area contributed by atoms with Crippen molar-refractivity contribution in [3.8, 4) is 11.5 Å². The molecule has 33 heavy (non-hydrogen) atoms. The molecule has 0 unspecified atom stereocenters. The number of morpholine rings is 1. The van der Waals surface area contributed by atoms with Gasteiger partial charge < -0.3 is 24.8 Å². The summed E-state index contributed by atoms with van der Waals surface area (Å²) in [6.07, 6.45) is 1.11. The highest BCUT2D eigenvalue weighted by molar-refractivity contribution is 14.1. The van der Waals surface area contributed by atoms with Crippen LogP contribution in [0.2, 0.25) is 0 Å². The van der Waals surface area contributed by atoms with Crippen LogP contribution in [0.15, 0.2) is 42.5 Å². The second-order valence-corrected chi connectivity index (χ2v) is 9.04. The van der Waals surface area contributed by atoms with Crippen molar-refractivity contribution in [2.24, 2.45) is 0 Å². The summed E-state index contributed by atoms with van der Waals surface area (Å²) in [6, 6.07) is 13.9. The van der Waals surface area contributed by atoms with E-state index in [1.165, 1.54) is 0 Å².